The quantitative estimate of drug-likeness (QED) is 0.821. The van der Waals surface area contributed by atoms with Gasteiger partial charge in [-0.2, -0.15) is 0 Å². The number of rotatable bonds is 4. The average molecular weight is 258 g/mol. The Bertz CT molecular complexity index is 279. The van der Waals surface area contributed by atoms with Crippen molar-refractivity contribution in [3.05, 3.63) is 21.5 Å². The van der Waals surface area contributed by atoms with E-state index in [2.05, 4.69) is 31.0 Å². The van der Waals surface area contributed by atoms with Crippen molar-refractivity contribution in [1.82, 2.24) is 5.32 Å². The summed E-state index contributed by atoms with van der Waals surface area (Å²) in [5.41, 5.74) is 0. The molecule has 0 aliphatic carbocycles. The fourth-order valence-electron chi connectivity index (χ4n) is 1.47. The average Bonchev–Trinajstić information content (AvgIpc) is 2.53. The molecule has 0 spiro atoms. The van der Waals surface area contributed by atoms with Gasteiger partial charge in [0.25, 0.3) is 0 Å². The Morgan fingerprint density at radius 3 is 2.71 bits per heavy atom. The molecule has 1 unspecified atom stereocenters. The van der Waals surface area contributed by atoms with E-state index in [9.17, 15) is 4.79 Å². The molecule has 0 radical (unpaired) electrons. The summed E-state index contributed by atoms with van der Waals surface area (Å²) >= 11 is 0.252. The number of carbonyl (C=O) groups excluding carboxylic acids is 1. The molecule has 0 saturated heterocycles. The minimum absolute atomic E-state index is 0.114. The summed E-state index contributed by atoms with van der Waals surface area (Å²) in [5, 5.41) is 3.02. The van der Waals surface area contributed by atoms with Crippen molar-refractivity contribution in [2.45, 2.75) is 33.2 Å². The molecule has 1 rings (SSSR count). The second-order valence-electron chi connectivity index (χ2n) is 3.98. The fourth-order valence-corrected chi connectivity index (χ4v) is 2.78. The van der Waals surface area contributed by atoms with Gasteiger partial charge in [-0.3, -0.25) is 0 Å². The van der Waals surface area contributed by atoms with Crippen LogP contribution in [-0.2, 0) is 0 Å². The van der Waals surface area contributed by atoms with Crippen LogP contribution in [0.3, 0.4) is 0 Å². The van der Waals surface area contributed by atoms with Gasteiger partial charge in [0, 0.05) is 0 Å². The summed E-state index contributed by atoms with van der Waals surface area (Å²) in [7, 11) is 0. The normalized spacial score (nSPS) is 12.9. The van der Waals surface area contributed by atoms with Gasteiger partial charge < -0.3 is 0 Å². The Labute approximate surface area is 91.5 Å². The molecule has 1 aromatic heterocycles. The standard InChI is InChI=1S/C11H17NOSe/c1-8(2)7-9(3)12-11(13)10-5-4-6-14-10/h4-6,8-9H,7H2,1-3H3,(H,12,13). The predicted octanol–water partition coefficient (Wildman–Crippen LogP) is 1.91. The van der Waals surface area contributed by atoms with Gasteiger partial charge in [-0.25, -0.2) is 0 Å². The molecule has 1 atom stereocenters. The second-order valence-corrected chi connectivity index (χ2v) is 5.97. The van der Waals surface area contributed by atoms with Gasteiger partial charge in [-0.05, 0) is 0 Å². The van der Waals surface area contributed by atoms with Gasteiger partial charge in [0.2, 0.25) is 0 Å². The van der Waals surface area contributed by atoms with E-state index in [1.54, 1.807) is 0 Å². The van der Waals surface area contributed by atoms with Crippen molar-refractivity contribution in [2.24, 2.45) is 5.92 Å². The van der Waals surface area contributed by atoms with Gasteiger partial charge >= 0.3 is 91.2 Å². The fraction of sp³-hybridized carbons (Fsp3) is 0.545. The first kappa shape index (κ1) is 11.5. The van der Waals surface area contributed by atoms with Crippen LogP contribution in [0.1, 0.15) is 36.4 Å². The van der Waals surface area contributed by atoms with Crippen LogP contribution in [0.15, 0.2) is 17.1 Å². The zero-order chi connectivity index (χ0) is 10.6. The van der Waals surface area contributed by atoms with E-state index in [0.29, 0.717) is 5.92 Å². The van der Waals surface area contributed by atoms with Crippen LogP contribution in [0.25, 0.3) is 0 Å². The summed E-state index contributed by atoms with van der Waals surface area (Å²) in [5.74, 6) is 0.745. The van der Waals surface area contributed by atoms with Gasteiger partial charge in [0.15, 0.2) is 0 Å². The molecule has 0 aliphatic rings. The van der Waals surface area contributed by atoms with E-state index in [-0.39, 0.29) is 26.5 Å². The first-order valence-corrected chi connectivity index (χ1v) is 6.78. The topological polar surface area (TPSA) is 29.1 Å². The van der Waals surface area contributed by atoms with Gasteiger partial charge in [-0.1, -0.05) is 0 Å². The summed E-state index contributed by atoms with van der Waals surface area (Å²) < 4.78 is 0.938. The summed E-state index contributed by atoms with van der Waals surface area (Å²) in [6.45, 7) is 6.40. The number of hydrogen-bond acceptors (Lipinski definition) is 1. The molecule has 0 saturated carbocycles. The first-order chi connectivity index (χ1) is 6.59. The van der Waals surface area contributed by atoms with E-state index in [4.69, 9.17) is 0 Å². The summed E-state index contributed by atoms with van der Waals surface area (Å²) in [4.78, 5) is 13.7. The molecule has 78 valence electrons. The molecule has 0 bridgehead atoms. The van der Waals surface area contributed by atoms with Crippen molar-refractivity contribution in [1.29, 1.82) is 0 Å². The zero-order valence-electron chi connectivity index (χ0n) is 8.91. The Hall–Kier alpha value is -0.531. The van der Waals surface area contributed by atoms with E-state index >= 15 is 0 Å². The van der Waals surface area contributed by atoms with Gasteiger partial charge in [0.05, 0.1) is 0 Å². The third-order valence-corrected chi connectivity index (χ3v) is 3.77. The third kappa shape index (κ3) is 3.69. The molecule has 0 fully saturated rings. The molecule has 0 aromatic carbocycles. The Morgan fingerprint density at radius 2 is 2.21 bits per heavy atom. The molecule has 3 heteroatoms. The molecule has 2 nitrogen and oxygen atoms in total. The number of carbonyl (C=O) groups is 1. The van der Waals surface area contributed by atoms with Crippen LogP contribution in [0, 0.1) is 5.92 Å². The maximum absolute atomic E-state index is 11.6. The molecular weight excluding hydrogens is 241 g/mol. The first-order valence-electron chi connectivity index (χ1n) is 4.94. The van der Waals surface area contributed by atoms with Crippen LogP contribution in [-0.4, -0.2) is 26.5 Å². The molecule has 1 heterocycles. The second kappa shape index (κ2) is 5.37. The predicted molar refractivity (Wildman–Crippen MR) is 59.8 cm³/mol. The van der Waals surface area contributed by atoms with Crippen LogP contribution in [0.4, 0.5) is 0 Å². The van der Waals surface area contributed by atoms with Crippen LogP contribution >= 0.6 is 0 Å². The Balaban J connectivity index is 2.41. The number of amides is 1. The van der Waals surface area contributed by atoms with Crippen LogP contribution in [0.5, 0.6) is 0 Å². The molecular formula is C11H17NOSe. The van der Waals surface area contributed by atoms with Crippen molar-refractivity contribution < 1.29 is 4.79 Å². The van der Waals surface area contributed by atoms with Gasteiger partial charge in [0.1, 0.15) is 0 Å². The monoisotopic (exact) mass is 259 g/mol. The molecule has 14 heavy (non-hydrogen) atoms. The molecule has 1 N–H and O–H groups in total. The van der Waals surface area contributed by atoms with Gasteiger partial charge in [-0.15, -0.1) is 0 Å². The summed E-state index contributed by atoms with van der Waals surface area (Å²) in [6.07, 6.45) is 1.04. The van der Waals surface area contributed by atoms with Crippen molar-refractivity contribution in [3.8, 4) is 0 Å². The van der Waals surface area contributed by atoms with E-state index < -0.39 is 0 Å². The van der Waals surface area contributed by atoms with Crippen molar-refractivity contribution >= 4 is 20.4 Å². The van der Waals surface area contributed by atoms with E-state index in [0.717, 1.165) is 10.9 Å². The third-order valence-electron chi connectivity index (χ3n) is 1.95. The Morgan fingerprint density at radius 1 is 1.50 bits per heavy atom. The number of hydrogen-bond donors (Lipinski definition) is 1. The molecule has 1 aromatic rings. The zero-order valence-corrected chi connectivity index (χ0v) is 10.6. The minimum atomic E-state index is 0.114. The van der Waals surface area contributed by atoms with Crippen molar-refractivity contribution in [3.63, 3.8) is 0 Å². The van der Waals surface area contributed by atoms with Crippen LogP contribution in [0.2, 0.25) is 0 Å². The number of nitrogens with one attached hydrogen (secondary N) is 1. The SMILES string of the molecule is CC(C)CC(C)NC(=O)c1ccc[se]1. The van der Waals surface area contributed by atoms with Crippen molar-refractivity contribution in [2.75, 3.05) is 0 Å². The maximum atomic E-state index is 11.6. The van der Waals surface area contributed by atoms with E-state index in [1.807, 2.05) is 12.1 Å². The van der Waals surface area contributed by atoms with Crippen LogP contribution < -0.4 is 5.32 Å². The Kier molecular flexibility index (Phi) is 4.43. The summed E-state index contributed by atoms with van der Waals surface area (Å²) in [6, 6.07) is 4.15. The molecule has 1 amide bonds. The van der Waals surface area contributed by atoms with E-state index in [1.165, 1.54) is 0 Å². The molecule has 0 aliphatic heterocycles.